The predicted octanol–water partition coefficient (Wildman–Crippen LogP) is 11.1. The van der Waals surface area contributed by atoms with Crippen LogP contribution in [0.25, 0.3) is 0 Å². The molecule has 0 heterocycles. The van der Waals surface area contributed by atoms with E-state index in [1.807, 2.05) is 6.08 Å². The van der Waals surface area contributed by atoms with Crippen LogP contribution in [-0.4, -0.2) is 59.9 Å². The third-order valence-corrected chi connectivity index (χ3v) is 10.1. The first-order valence-electron chi connectivity index (χ1n) is 21.4. The number of hydrogen-bond donors (Lipinski definition) is 3. The van der Waals surface area contributed by atoms with E-state index >= 15 is 0 Å². The van der Waals surface area contributed by atoms with Crippen molar-refractivity contribution in [3.8, 4) is 0 Å². The smallest absolute Gasteiger partial charge is 0.472 e. The minimum absolute atomic E-state index is 0.0769. The Kier molecular flexibility index (Phi) is 36.4. The average molecular weight is 788 g/mol. The Bertz CT molecular complexity index is 1020. The second kappa shape index (κ2) is 37.9. The summed E-state index contributed by atoms with van der Waals surface area (Å²) in [6.07, 6.45) is 38.3. The van der Waals surface area contributed by atoms with Crippen molar-refractivity contribution in [1.29, 1.82) is 0 Å². The summed E-state index contributed by atoms with van der Waals surface area (Å²) in [5.74, 6) is -2.45. The molecule has 0 fully saturated rings. The Morgan fingerprint density at radius 3 is 1.43 bits per heavy atom. The standard InChI is InChI=1S/C42H78NO10P/c1-3-5-7-9-11-13-15-17-19-21-23-25-27-29-31-33-40(44)50-35-38(36-51-54(48,49)52-37-39(43)42(46)47)53-41(45)34-32-30-28-26-24-22-20-18-16-14-12-10-8-6-4-2/h21,23,28,30,38-39H,3-20,22,24-27,29,31-37,43H2,1-2H3,(H,46,47)(H,48,49)/b23-21+,30-28+/t38-,39+/m1/s1. The molecule has 0 aliphatic carbocycles. The number of hydrogen-bond acceptors (Lipinski definition) is 9. The van der Waals surface area contributed by atoms with Gasteiger partial charge in [-0.25, -0.2) is 4.57 Å². The zero-order valence-electron chi connectivity index (χ0n) is 34.1. The predicted molar refractivity (Wildman–Crippen MR) is 217 cm³/mol. The van der Waals surface area contributed by atoms with Gasteiger partial charge in [0.2, 0.25) is 0 Å². The zero-order chi connectivity index (χ0) is 40.0. The molecule has 0 aliphatic rings. The average Bonchev–Trinajstić information content (AvgIpc) is 3.14. The number of carbonyl (C=O) groups is 3. The molecule has 0 radical (unpaired) electrons. The molecule has 3 atom stereocenters. The third kappa shape index (κ3) is 36.9. The van der Waals surface area contributed by atoms with Crippen LogP contribution in [0, 0.1) is 0 Å². The first-order chi connectivity index (χ1) is 26.1. The molecule has 0 amide bonds. The highest BCUT2D eigenvalue weighted by Gasteiger charge is 2.28. The topological polar surface area (TPSA) is 172 Å². The van der Waals surface area contributed by atoms with Crippen molar-refractivity contribution < 1.29 is 47.5 Å². The summed E-state index contributed by atoms with van der Waals surface area (Å²) in [7, 11) is -4.72. The van der Waals surface area contributed by atoms with Crippen molar-refractivity contribution in [3.05, 3.63) is 24.3 Å². The molecule has 0 spiro atoms. The first kappa shape index (κ1) is 52.0. The van der Waals surface area contributed by atoms with Crippen molar-refractivity contribution in [2.24, 2.45) is 5.73 Å². The summed E-state index contributed by atoms with van der Waals surface area (Å²) in [6.45, 7) is 2.75. The van der Waals surface area contributed by atoms with E-state index in [-0.39, 0.29) is 19.4 Å². The number of allylic oxidation sites excluding steroid dienone is 4. The van der Waals surface area contributed by atoms with Crippen LogP contribution in [0.15, 0.2) is 24.3 Å². The molecular formula is C42H78NO10P. The van der Waals surface area contributed by atoms with Crippen LogP contribution in [0.4, 0.5) is 0 Å². The molecular weight excluding hydrogens is 709 g/mol. The van der Waals surface area contributed by atoms with Gasteiger partial charge in [-0.2, -0.15) is 0 Å². The van der Waals surface area contributed by atoms with E-state index in [9.17, 15) is 23.8 Å². The van der Waals surface area contributed by atoms with Gasteiger partial charge in [0.25, 0.3) is 0 Å². The van der Waals surface area contributed by atoms with Gasteiger partial charge in [0.05, 0.1) is 13.2 Å². The summed E-state index contributed by atoms with van der Waals surface area (Å²) in [5, 5.41) is 8.88. The van der Waals surface area contributed by atoms with E-state index in [0.717, 1.165) is 38.5 Å². The SMILES string of the molecule is CCCCCCCCCC/C=C/CCCCCC(=O)OC[C@H](COP(=O)(O)OC[C@H](N)C(=O)O)OC(=O)CC/C=C/CCCCCCCCCCCCC. The normalized spacial score (nSPS) is 14.0. The van der Waals surface area contributed by atoms with E-state index in [1.165, 1.54) is 116 Å². The number of aliphatic carboxylic acids is 1. The number of rotatable bonds is 40. The first-order valence-corrected chi connectivity index (χ1v) is 22.9. The van der Waals surface area contributed by atoms with E-state index < -0.39 is 51.1 Å². The maximum Gasteiger partial charge on any atom is 0.472 e. The van der Waals surface area contributed by atoms with Crippen LogP contribution in [0.3, 0.4) is 0 Å². The molecule has 0 aromatic rings. The van der Waals surface area contributed by atoms with E-state index in [0.29, 0.717) is 12.8 Å². The van der Waals surface area contributed by atoms with E-state index in [1.54, 1.807) is 0 Å². The molecule has 4 N–H and O–H groups in total. The molecule has 0 bridgehead atoms. The van der Waals surface area contributed by atoms with Gasteiger partial charge in [-0.3, -0.25) is 23.4 Å². The molecule has 0 saturated heterocycles. The largest absolute Gasteiger partial charge is 0.480 e. The van der Waals surface area contributed by atoms with Gasteiger partial charge in [0.1, 0.15) is 12.6 Å². The Balaban J connectivity index is 4.43. The fraction of sp³-hybridized carbons (Fsp3) is 0.833. The van der Waals surface area contributed by atoms with Gasteiger partial charge in [0, 0.05) is 12.8 Å². The van der Waals surface area contributed by atoms with Crippen LogP contribution in [0.2, 0.25) is 0 Å². The lowest BCUT2D eigenvalue weighted by Crippen LogP contribution is -2.34. The summed E-state index contributed by atoms with van der Waals surface area (Å²) in [6, 6.07) is -1.53. The summed E-state index contributed by atoms with van der Waals surface area (Å²) in [5.41, 5.74) is 5.32. The third-order valence-electron chi connectivity index (χ3n) is 9.19. The summed E-state index contributed by atoms with van der Waals surface area (Å²) >= 11 is 0. The lowest BCUT2D eigenvalue weighted by molar-refractivity contribution is -0.161. The summed E-state index contributed by atoms with van der Waals surface area (Å²) in [4.78, 5) is 45.8. The zero-order valence-corrected chi connectivity index (χ0v) is 35.0. The van der Waals surface area contributed by atoms with Gasteiger partial charge in [-0.05, 0) is 51.4 Å². The second-order valence-corrected chi connectivity index (χ2v) is 15.9. The molecule has 0 aromatic heterocycles. The van der Waals surface area contributed by atoms with Crippen molar-refractivity contribution in [1.82, 2.24) is 0 Å². The molecule has 11 nitrogen and oxygen atoms in total. The second-order valence-electron chi connectivity index (χ2n) is 14.5. The number of phosphoric acid groups is 1. The minimum Gasteiger partial charge on any atom is -0.480 e. The van der Waals surface area contributed by atoms with Crippen LogP contribution < -0.4 is 5.73 Å². The maximum absolute atomic E-state index is 12.6. The summed E-state index contributed by atoms with van der Waals surface area (Å²) < 4.78 is 32.6. The Morgan fingerprint density at radius 2 is 0.963 bits per heavy atom. The minimum atomic E-state index is -4.72. The van der Waals surface area contributed by atoms with Crippen molar-refractivity contribution >= 4 is 25.7 Å². The lowest BCUT2D eigenvalue weighted by atomic mass is 10.1. The van der Waals surface area contributed by atoms with Crippen LogP contribution in [0.5, 0.6) is 0 Å². The van der Waals surface area contributed by atoms with Crippen molar-refractivity contribution in [3.63, 3.8) is 0 Å². The highest BCUT2D eigenvalue weighted by molar-refractivity contribution is 7.47. The van der Waals surface area contributed by atoms with Gasteiger partial charge in [-0.1, -0.05) is 154 Å². The molecule has 316 valence electrons. The Morgan fingerprint density at radius 1 is 0.556 bits per heavy atom. The van der Waals surface area contributed by atoms with Gasteiger partial charge in [0.15, 0.2) is 6.10 Å². The maximum atomic E-state index is 12.6. The van der Waals surface area contributed by atoms with Crippen LogP contribution in [-0.2, 0) is 37.5 Å². The highest BCUT2D eigenvalue weighted by atomic mass is 31.2. The van der Waals surface area contributed by atoms with Crippen molar-refractivity contribution in [2.45, 2.75) is 206 Å². The molecule has 54 heavy (non-hydrogen) atoms. The monoisotopic (exact) mass is 788 g/mol. The fourth-order valence-corrected chi connectivity index (χ4v) is 6.56. The molecule has 0 aromatic carbocycles. The number of phosphoric ester groups is 1. The highest BCUT2D eigenvalue weighted by Crippen LogP contribution is 2.43. The Hall–Kier alpha value is -2.04. The lowest BCUT2D eigenvalue weighted by Gasteiger charge is -2.20. The number of esters is 2. The molecule has 0 saturated carbocycles. The number of nitrogens with two attached hydrogens (primary N) is 1. The van der Waals surface area contributed by atoms with Crippen LogP contribution >= 0.6 is 7.82 Å². The van der Waals surface area contributed by atoms with Gasteiger partial charge in [-0.15, -0.1) is 0 Å². The van der Waals surface area contributed by atoms with Gasteiger partial charge >= 0.3 is 25.7 Å². The molecule has 12 heteroatoms. The van der Waals surface area contributed by atoms with E-state index in [2.05, 4.69) is 36.6 Å². The number of unbranched alkanes of at least 4 members (excludes halogenated alkanes) is 22. The van der Waals surface area contributed by atoms with Gasteiger partial charge < -0.3 is 25.2 Å². The molecule has 0 rings (SSSR count). The number of carbonyl (C=O) groups excluding carboxylic acids is 2. The number of ether oxygens (including phenoxy) is 2. The van der Waals surface area contributed by atoms with E-state index in [4.69, 9.17) is 24.8 Å². The van der Waals surface area contributed by atoms with Crippen LogP contribution in [0.1, 0.15) is 194 Å². The quantitative estimate of drug-likeness (QED) is 0.0233. The fourth-order valence-electron chi connectivity index (χ4n) is 5.78. The number of carboxylic acids is 1. The molecule has 0 aliphatic heterocycles. The number of carboxylic acid groups (broad SMARTS) is 1. The molecule has 1 unspecified atom stereocenters. The Labute approximate surface area is 328 Å². The van der Waals surface area contributed by atoms with Crippen molar-refractivity contribution in [2.75, 3.05) is 19.8 Å².